The van der Waals surface area contributed by atoms with E-state index in [0.717, 1.165) is 28.9 Å². The van der Waals surface area contributed by atoms with Crippen LogP contribution in [-0.4, -0.2) is 16.9 Å². The molecule has 0 atom stereocenters. The molecule has 1 fully saturated rings. The van der Waals surface area contributed by atoms with E-state index in [1.165, 1.54) is 29.9 Å². The number of nitrogens with zero attached hydrogens (tertiary/aromatic N) is 3. The lowest BCUT2D eigenvalue weighted by atomic mass is 9.99. The lowest BCUT2D eigenvalue weighted by Gasteiger charge is -2.13. The van der Waals surface area contributed by atoms with Gasteiger partial charge in [0.1, 0.15) is 0 Å². The van der Waals surface area contributed by atoms with Crippen LogP contribution in [0.15, 0.2) is 45.1 Å². The topological polar surface area (TPSA) is 29.6 Å². The molecule has 3 nitrogen and oxygen atoms in total. The summed E-state index contributed by atoms with van der Waals surface area (Å²) < 4.78 is 2.04. The summed E-state index contributed by atoms with van der Waals surface area (Å²) in [4.78, 5) is 6.89. The molecule has 0 aromatic carbocycles. The Labute approximate surface area is 139 Å². The van der Waals surface area contributed by atoms with Crippen molar-refractivity contribution in [2.45, 2.75) is 39.0 Å². The van der Waals surface area contributed by atoms with Crippen LogP contribution in [0.4, 0.5) is 0 Å². The molecule has 3 rings (SSSR count). The maximum atomic E-state index is 4.94. The van der Waals surface area contributed by atoms with E-state index >= 15 is 0 Å². The maximum absolute atomic E-state index is 4.94. The van der Waals surface area contributed by atoms with Crippen LogP contribution in [0.1, 0.15) is 39.0 Å². The normalized spacial score (nSPS) is 16.0. The van der Waals surface area contributed by atoms with E-state index in [0.29, 0.717) is 6.54 Å². The second-order valence-electron chi connectivity index (χ2n) is 5.69. The van der Waals surface area contributed by atoms with Gasteiger partial charge in [0.25, 0.3) is 0 Å². The Hall–Kier alpha value is -1.46. The van der Waals surface area contributed by atoms with Gasteiger partial charge in [-0.25, -0.2) is 4.68 Å². The second-order valence-corrected chi connectivity index (χ2v) is 7.48. The second kappa shape index (κ2) is 7.20. The highest BCUT2D eigenvalue weighted by molar-refractivity contribution is 7.14. The quantitative estimate of drug-likeness (QED) is 0.712. The Morgan fingerprint density at radius 2 is 2.09 bits per heavy atom. The average Bonchev–Trinajstić information content (AvgIpc) is 3.16. The predicted molar refractivity (Wildman–Crippen MR) is 96.8 cm³/mol. The fourth-order valence-corrected chi connectivity index (χ4v) is 4.13. The summed E-state index contributed by atoms with van der Waals surface area (Å²) in [7, 11) is 0. The van der Waals surface area contributed by atoms with Crippen LogP contribution in [0.3, 0.4) is 0 Å². The van der Waals surface area contributed by atoms with Crippen molar-refractivity contribution in [3.05, 3.63) is 39.8 Å². The summed E-state index contributed by atoms with van der Waals surface area (Å²) in [5.74, 6) is 0. The van der Waals surface area contributed by atoms with Crippen molar-refractivity contribution in [1.29, 1.82) is 0 Å². The number of thiophene rings is 1. The van der Waals surface area contributed by atoms with Crippen LogP contribution < -0.4 is 4.80 Å². The van der Waals surface area contributed by atoms with Gasteiger partial charge in [0.05, 0.1) is 17.1 Å². The Kier molecular flexibility index (Phi) is 5.05. The molecular weight excluding hydrogens is 310 g/mol. The third-order valence-corrected chi connectivity index (χ3v) is 5.36. The van der Waals surface area contributed by atoms with E-state index in [1.807, 2.05) is 11.6 Å². The zero-order valence-corrected chi connectivity index (χ0v) is 14.6. The zero-order chi connectivity index (χ0) is 15.4. The first-order chi connectivity index (χ1) is 10.7. The lowest BCUT2D eigenvalue weighted by molar-refractivity contribution is 0.655. The van der Waals surface area contributed by atoms with Crippen molar-refractivity contribution in [3.63, 3.8) is 0 Å². The van der Waals surface area contributed by atoms with Crippen LogP contribution in [0, 0.1) is 0 Å². The van der Waals surface area contributed by atoms with Gasteiger partial charge in [0, 0.05) is 11.1 Å². The molecule has 116 valence electrons. The molecule has 1 aliphatic rings. The van der Waals surface area contributed by atoms with E-state index in [2.05, 4.69) is 34.5 Å². The minimum Gasteiger partial charge on any atom is -0.253 e. The molecule has 0 aliphatic heterocycles. The highest BCUT2D eigenvalue weighted by atomic mass is 32.1. The number of hydrogen-bond donors (Lipinski definition) is 0. The molecule has 0 radical (unpaired) electrons. The van der Waals surface area contributed by atoms with Crippen LogP contribution in [-0.2, 0) is 0 Å². The molecule has 1 saturated carbocycles. The largest absolute Gasteiger partial charge is 0.253 e. The lowest BCUT2D eigenvalue weighted by Crippen LogP contribution is -2.16. The van der Waals surface area contributed by atoms with E-state index in [9.17, 15) is 0 Å². The third-order valence-electron chi connectivity index (χ3n) is 3.62. The average molecular weight is 332 g/mol. The molecule has 0 unspecified atom stereocenters. The summed E-state index contributed by atoms with van der Waals surface area (Å²) in [6, 6.07) is 4.23. The third kappa shape index (κ3) is 3.65. The van der Waals surface area contributed by atoms with Crippen molar-refractivity contribution in [2.75, 3.05) is 6.54 Å². The van der Waals surface area contributed by atoms with Crippen LogP contribution >= 0.6 is 22.7 Å². The first-order valence-electron chi connectivity index (χ1n) is 7.70. The van der Waals surface area contributed by atoms with Gasteiger partial charge in [-0.1, -0.05) is 24.6 Å². The summed E-state index contributed by atoms with van der Waals surface area (Å²) in [5.41, 5.74) is 3.53. The van der Waals surface area contributed by atoms with E-state index in [4.69, 9.17) is 5.10 Å². The van der Waals surface area contributed by atoms with Crippen molar-refractivity contribution in [2.24, 2.45) is 10.1 Å². The molecule has 5 heteroatoms. The maximum Gasteiger partial charge on any atom is 0.206 e. The minimum absolute atomic E-state index is 0.662. The highest BCUT2D eigenvalue weighted by Crippen LogP contribution is 2.26. The van der Waals surface area contributed by atoms with Gasteiger partial charge in [-0.05, 0) is 44.1 Å². The first-order valence-corrected chi connectivity index (χ1v) is 9.46. The fourth-order valence-electron chi connectivity index (χ4n) is 2.50. The van der Waals surface area contributed by atoms with Gasteiger partial charge in [0.15, 0.2) is 0 Å². The summed E-state index contributed by atoms with van der Waals surface area (Å²) in [5, 5.41) is 9.21. The SMILES string of the molecule is C=C(C)CN=c1scc(-c2cccs2)n1N=C1CCCCC1. The number of rotatable bonds is 4. The molecule has 2 aromatic rings. The number of hydrogen-bond acceptors (Lipinski definition) is 4. The highest BCUT2D eigenvalue weighted by Gasteiger charge is 2.12. The summed E-state index contributed by atoms with van der Waals surface area (Å²) >= 11 is 3.41. The smallest absolute Gasteiger partial charge is 0.206 e. The van der Waals surface area contributed by atoms with Crippen LogP contribution in [0.2, 0.25) is 0 Å². The van der Waals surface area contributed by atoms with E-state index in [-0.39, 0.29) is 0 Å². The Morgan fingerprint density at radius 1 is 1.27 bits per heavy atom. The molecular formula is C17H21N3S2. The molecule has 2 aromatic heterocycles. The Balaban J connectivity index is 2.04. The molecule has 2 heterocycles. The molecule has 0 spiro atoms. The monoisotopic (exact) mass is 331 g/mol. The van der Waals surface area contributed by atoms with Crippen molar-refractivity contribution >= 4 is 28.4 Å². The van der Waals surface area contributed by atoms with Gasteiger partial charge in [-0.2, -0.15) is 5.10 Å². The minimum atomic E-state index is 0.662. The first kappa shape index (κ1) is 15.4. The molecule has 0 bridgehead atoms. The van der Waals surface area contributed by atoms with Gasteiger partial charge < -0.3 is 0 Å². The number of thiazole rings is 1. The van der Waals surface area contributed by atoms with Crippen molar-refractivity contribution in [1.82, 2.24) is 4.68 Å². The van der Waals surface area contributed by atoms with Gasteiger partial charge >= 0.3 is 0 Å². The predicted octanol–water partition coefficient (Wildman–Crippen LogP) is 4.92. The van der Waals surface area contributed by atoms with Gasteiger partial charge in [0.2, 0.25) is 4.80 Å². The summed E-state index contributed by atoms with van der Waals surface area (Å²) in [6.45, 7) is 6.61. The fraction of sp³-hybridized carbons (Fsp3) is 0.412. The molecule has 0 saturated heterocycles. The molecule has 1 aliphatic carbocycles. The molecule has 0 amide bonds. The van der Waals surface area contributed by atoms with Crippen LogP contribution in [0.25, 0.3) is 10.6 Å². The number of aromatic nitrogens is 1. The van der Waals surface area contributed by atoms with Crippen LogP contribution in [0.5, 0.6) is 0 Å². The molecule has 0 N–H and O–H groups in total. The summed E-state index contributed by atoms with van der Waals surface area (Å²) in [6.07, 6.45) is 6.09. The van der Waals surface area contributed by atoms with E-state index in [1.54, 1.807) is 22.7 Å². The van der Waals surface area contributed by atoms with E-state index < -0.39 is 0 Å². The van der Waals surface area contributed by atoms with Gasteiger partial charge in [-0.15, -0.1) is 22.7 Å². The standard InChI is InChI=1S/C17H21N3S2/c1-13(2)11-18-17-20(19-14-7-4-3-5-8-14)15(12-22-17)16-9-6-10-21-16/h6,9-10,12H,1,3-5,7-8,11H2,2H3. The molecule has 22 heavy (non-hydrogen) atoms. The van der Waals surface area contributed by atoms with Crippen molar-refractivity contribution < 1.29 is 0 Å². The zero-order valence-electron chi connectivity index (χ0n) is 12.9. The Bertz CT molecular complexity index is 724. The van der Waals surface area contributed by atoms with Crippen molar-refractivity contribution in [3.8, 4) is 10.6 Å². The van der Waals surface area contributed by atoms with Gasteiger partial charge in [-0.3, -0.25) is 4.99 Å². The Morgan fingerprint density at radius 3 is 2.77 bits per heavy atom.